The van der Waals surface area contributed by atoms with Crippen molar-refractivity contribution < 1.29 is 14.7 Å². The summed E-state index contributed by atoms with van der Waals surface area (Å²) in [7, 11) is 0. The fraction of sp³-hybridized carbons (Fsp3) is 0. The normalized spacial score (nSPS) is 9.88. The van der Waals surface area contributed by atoms with Crippen molar-refractivity contribution in [1.82, 2.24) is 4.98 Å². The van der Waals surface area contributed by atoms with E-state index < -0.39 is 5.97 Å². The number of ketones is 1. The van der Waals surface area contributed by atoms with Gasteiger partial charge in [-0.3, -0.25) is 9.78 Å². The molecule has 0 amide bonds. The van der Waals surface area contributed by atoms with Crippen molar-refractivity contribution in [2.45, 2.75) is 0 Å². The Morgan fingerprint density at radius 3 is 2.18 bits per heavy atom. The quantitative estimate of drug-likeness (QED) is 0.814. The average Bonchev–Trinajstić information content (AvgIpc) is 2.39. The minimum Gasteiger partial charge on any atom is -0.478 e. The number of benzene rings is 1. The zero-order valence-corrected chi connectivity index (χ0v) is 8.83. The van der Waals surface area contributed by atoms with E-state index in [0.717, 1.165) is 0 Å². The van der Waals surface area contributed by atoms with Gasteiger partial charge in [-0.05, 0) is 12.1 Å². The van der Waals surface area contributed by atoms with Crippen LogP contribution in [0.1, 0.15) is 26.4 Å². The first kappa shape index (κ1) is 11.0. The van der Waals surface area contributed by atoms with E-state index in [9.17, 15) is 9.59 Å². The van der Waals surface area contributed by atoms with Crippen LogP contribution >= 0.6 is 0 Å². The van der Waals surface area contributed by atoms with Gasteiger partial charge < -0.3 is 5.11 Å². The molecule has 4 heteroatoms. The van der Waals surface area contributed by atoms with Gasteiger partial charge in [0.15, 0.2) is 0 Å². The predicted octanol–water partition coefficient (Wildman–Crippen LogP) is 2.01. The van der Waals surface area contributed by atoms with Crippen molar-refractivity contribution in [2.75, 3.05) is 0 Å². The molecule has 0 aliphatic carbocycles. The average molecular weight is 227 g/mol. The molecule has 0 bridgehead atoms. The van der Waals surface area contributed by atoms with Crippen molar-refractivity contribution >= 4 is 11.8 Å². The van der Waals surface area contributed by atoms with Gasteiger partial charge >= 0.3 is 5.97 Å². The highest BCUT2D eigenvalue weighted by Gasteiger charge is 2.11. The van der Waals surface area contributed by atoms with Crippen LogP contribution in [0.2, 0.25) is 0 Å². The molecule has 1 aromatic carbocycles. The number of hydrogen-bond acceptors (Lipinski definition) is 3. The number of carbonyl (C=O) groups is 2. The van der Waals surface area contributed by atoms with Gasteiger partial charge in [0.2, 0.25) is 5.78 Å². The summed E-state index contributed by atoms with van der Waals surface area (Å²) in [4.78, 5) is 26.4. The molecule has 1 aromatic heterocycles. The topological polar surface area (TPSA) is 67.3 Å². The van der Waals surface area contributed by atoms with Crippen LogP contribution < -0.4 is 0 Å². The standard InChI is InChI=1S/C13H9NO3/c15-12(9-4-2-1-3-5-9)11-7-6-10(8-14-11)13(16)17/h1-8H,(H,16,17). The van der Waals surface area contributed by atoms with Crippen molar-refractivity contribution in [2.24, 2.45) is 0 Å². The van der Waals surface area contributed by atoms with Crippen LogP contribution in [-0.4, -0.2) is 21.8 Å². The fourth-order valence-corrected chi connectivity index (χ4v) is 1.39. The number of carbonyl (C=O) groups excluding carboxylic acids is 1. The maximum absolute atomic E-state index is 11.9. The third kappa shape index (κ3) is 2.36. The lowest BCUT2D eigenvalue weighted by Gasteiger charge is -2.00. The minimum atomic E-state index is -1.06. The van der Waals surface area contributed by atoms with Crippen molar-refractivity contribution in [3.8, 4) is 0 Å². The number of hydrogen-bond donors (Lipinski definition) is 1. The molecule has 0 aliphatic heterocycles. The van der Waals surface area contributed by atoms with Crippen LogP contribution in [0.25, 0.3) is 0 Å². The predicted molar refractivity (Wildman–Crippen MR) is 61.1 cm³/mol. The van der Waals surface area contributed by atoms with Crippen molar-refractivity contribution in [3.63, 3.8) is 0 Å². The van der Waals surface area contributed by atoms with Crippen LogP contribution in [0, 0.1) is 0 Å². The Labute approximate surface area is 97.6 Å². The summed E-state index contributed by atoms with van der Waals surface area (Å²) in [5.41, 5.74) is 0.832. The summed E-state index contributed by atoms with van der Waals surface area (Å²) < 4.78 is 0. The van der Waals surface area contributed by atoms with Gasteiger partial charge in [-0.15, -0.1) is 0 Å². The molecule has 0 aliphatic rings. The Kier molecular flexibility index (Phi) is 2.96. The first-order valence-electron chi connectivity index (χ1n) is 4.97. The third-order valence-corrected chi connectivity index (χ3v) is 2.28. The highest BCUT2D eigenvalue weighted by Crippen LogP contribution is 2.08. The van der Waals surface area contributed by atoms with Crippen LogP contribution in [0.15, 0.2) is 48.7 Å². The molecule has 17 heavy (non-hydrogen) atoms. The van der Waals surface area contributed by atoms with E-state index in [1.807, 2.05) is 6.07 Å². The molecule has 1 N–H and O–H groups in total. The molecule has 0 spiro atoms. The zero-order valence-electron chi connectivity index (χ0n) is 8.83. The lowest BCUT2D eigenvalue weighted by molar-refractivity contribution is 0.0696. The number of nitrogens with zero attached hydrogens (tertiary/aromatic N) is 1. The SMILES string of the molecule is O=C(O)c1ccc(C(=O)c2ccccc2)nc1. The maximum Gasteiger partial charge on any atom is 0.337 e. The lowest BCUT2D eigenvalue weighted by Crippen LogP contribution is -2.05. The Morgan fingerprint density at radius 2 is 1.65 bits per heavy atom. The lowest BCUT2D eigenvalue weighted by atomic mass is 10.1. The van der Waals surface area contributed by atoms with E-state index in [-0.39, 0.29) is 17.0 Å². The summed E-state index contributed by atoms with van der Waals surface area (Å²) in [6.45, 7) is 0. The van der Waals surface area contributed by atoms with E-state index in [1.165, 1.54) is 18.3 Å². The molecule has 0 radical (unpaired) electrons. The summed E-state index contributed by atoms with van der Waals surface area (Å²) >= 11 is 0. The molecule has 0 saturated heterocycles. The minimum absolute atomic E-state index is 0.0645. The van der Waals surface area contributed by atoms with Gasteiger partial charge in [0.25, 0.3) is 0 Å². The number of carboxylic acids is 1. The number of aromatic carboxylic acids is 1. The summed E-state index contributed by atoms with van der Waals surface area (Å²) in [5.74, 6) is -1.28. The first-order valence-corrected chi connectivity index (χ1v) is 4.97. The van der Waals surface area contributed by atoms with Gasteiger partial charge in [-0.25, -0.2) is 4.79 Å². The Morgan fingerprint density at radius 1 is 0.941 bits per heavy atom. The van der Waals surface area contributed by atoms with Crippen molar-refractivity contribution in [1.29, 1.82) is 0 Å². The highest BCUT2D eigenvalue weighted by atomic mass is 16.4. The van der Waals surface area contributed by atoms with E-state index >= 15 is 0 Å². The molecule has 1 heterocycles. The molecular formula is C13H9NO3. The number of aromatic nitrogens is 1. The van der Waals surface area contributed by atoms with Gasteiger partial charge in [-0.2, -0.15) is 0 Å². The highest BCUT2D eigenvalue weighted by molar-refractivity contribution is 6.07. The molecule has 4 nitrogen and oxygen atoms in total. The maximum atomic E-state index is 11.9. The number of carboxylic acid groups (broad SMARTS) is 1. The summed E-state index contributed by atoms with van der Waals surface area (Å²) in [6.07, 6.45) is 1.18. The molecular weight excluding hydrogens is 218 g/mol. The van der Waals surface area contributed by atoms with Gasteiger partial charge in [0.05, 0.1) is 5.56 Å². The summed E-state index contributed by atoms with van der Waals surface area (Å²) in [5, 5.41) is 8.71. The molecule has 0 saturated carbocycles. The molecule has 0 unspecified atom stereocenters. The van der Waals surface area contributed by atoms with E-state index in [2.05, 4.69) is 4.98 Å². The van der Waals surface area contributed by atoms with Crippen LogP contribution in [0.4, 0.5) is 0 Å². The van der Waals surface area contributed by atoms with Crippen LogP contribution in [0.3, 0.4) is 0 Å². The Balaban J connectivity index is 2.30. The molecule has 0 fully saturated rings. The van der Waals surface area contributed by atoms with E-state index in [0.29, 0.717) is 5.56 Å². The van der Waals surface area contributed by atoms with Crippen molar-refractivity contribution in [3.05, 3.63) is 65.5 Å². The van der Waals surface area contributed by atoms with E-state index in [4.69, 9.17) is 5.11 Å². The van der Waals surface area contributed by atoms with Gasteiger partial charge in [0, 0.05) is 11.8 Å². The monoisotopic (exact) mass is 227 g/mol. The molecule has 0 atom stereocenters. The van der Waals surface area contributed by atoms with Crippen LogP contribution in [-0.2, 0) is 0 Å². The first-order chi connectivity index (χ1) is 8.18. The Hall–Kier alpha value is -2.49. The fourth-order valence-electron chi connectivity index (χ4n) is 1.39. The van der Waals surface area contributed by atoms with Gasteiger partial charge in [-0.1, -0.05) is 30.3 Å². The van der Waals surface area contributed by atoms with Crippen LogP contribution in [0.5, 0.6) is 0 Å². The van der Waals surface area contributed by atoms with E-state index in [1.54, 1.807) is 24.3 Å². The molecule has 2 rings (SSSR count). The summed E-state index contributed by atoms with van der Waals surface area (Å²) in [6, 6.07) is 11.5. The second-order valence-corrected chi connectivity index (χ2v) is 3.43. The molecule has 84 valence electrons. The number of pyridine rings is 1. The smallest absolute Gasteiger partial charge is 0.337 e. The largest absolute Gasteiger partial charge is 0.478 e. The second-order valence-electron chi connectivity index (χ2n) is 3.43. The molecule has 2 aromatic rings. The number of rotatable bonds is 3. The second kappa shape index (κ2) is 4.57. The Bertz CT molecular complexity index is 547. The van der Waals surface area contributed by atoms with Gasteiger partial charge in [0.1, 0.15) is 5.69 Å². The third-order valence-electron chi connectivity index (χ3n) is 2.28. The zero-order chi connectivity index (χ0) is 12.3.